The van der Waals surface area contributed by atoms with Crippen molar-refractivity contribution in [2.24, 2.45) is 5.73 Å². The molecule has 0 saturated carbocycles. The highest BCUT2D eigenvalue weighted by Gasteiger charge is 2.27. The molecule has 2 heterocycles. The van der Waals surface area contributed by atoms with Gasteiger partial charge in [-0.25, -0.2) is 9.97 Å². The number of rotatable bonds is 2. The minimum atomic E-state index is -0.0990. The lowest BCUT2D eigenvalue weighted by atomic mass is 9.91. The second-order valence-corrected chi connectivity index (χ2v) is 5.57. The number of aliphatic hydroxyl groups is 1. The van der Waals surface area contributed by atoms with E-state index in [4.69, 9.17) is 5.73 Å². The van der Waals surface area contributed by atoms with Crippen molar-refractivity contribution in [3.8, 4) is 0 Å². The van der Waals surface area contributed by atoms with Crippen LogP contribution in [0.2, 0.25) is 0 Å². The molecule has 1 saturated heterocycles. The Kier molecular flexibility index (Phi) is 3.65. The first-order valence-electron chi connectivity index (χ1n) is 5.68. The van der Waals surface area contributed by atoms with Gasteiger partial charge < -0.3 is 15.7 Å². The Morgan fingerprint density at radius 3 is 2.76 bits per heavy atom. The largest absolute Gasteiger partial charge is 0.390 e. The minimum absolute atomic E-state index is 0.0847. The molecular formula is C11H17BrN4O. The molecule has 0 spiro atoms. The summed E-state index contributed by atoms with van der Waals surface area (Å²) in [5.74, 6) is 0.770. The maximum Gasteiger partial charge on any atom is 0.152 e. The quantitative estimate of drug-likeness (QED) is 0.854. The molecule has 0 atom stereocenters. The van der Waals surface area contributed by atoms with Crippen molar-refractivity contribution in [1.82, 2.24) is 9.97 Å². The highest BCUT2D eigenvalue weighted by Crippen LogP contribution is 2.25. The van der Waals surface area contributed by atoms with Crippen LogP contribution in [0.4, 0.5) is 5.82 Å². The maximum absolute atomic E-state index is 9.30. The molecule has 2 rings (SSSR count). The van der Waals surface area contributed by atoms with Crippen molar-refractivity contribution >= 4 is 21.7 Å². The summed E-state index contributed by atoms with van der Waals surface area (Å²) >= 11 is 3.26. The fraction of sp³-hybridized carbons (Fsp3) is 0.636. The predicted molar refractivity (Wildman–Crippen MR) is 69.7 cm³/mol. The molecule has 1 fully saturated rings. The number of anilines is 1. The summed E-state index contributed by atoms with van der Waals surface area (Å²) in [6.45, 7) is 3.69. The van der Waals surface area contributed by atoms with Crippen LogP contribution in [-0.2, 0) is 6.61 Å². The van der Waals surface area contributed by atoms with Crippen LogP contribution in [-0.4, -0.2) is 33.7 Å². The summed E-state index contributed by atoms with van der Waals surface area (Å²) in [5, 5.41) is 9.30. The summed E-state index contributed by atoms with van der Waals surface area (Å²) in [6.07, 6.45) is 3.51. The van der Waals surface area contributed by atoms with Crippen molar-refractivity contribution < 1.29 is 5.11 Å². The van der Waals surface area contributed by atoms with Crippen molar-refractivity contribution in [3.05, 3.63) is 16.5 Å². The molecule has 5 nitrogen and oxygen atoms in total. The van der Waals surface area contributed by atoms with Crippen molar-refractivity contribution in [2.45, 2.75) is 31.9 Å². The van der Waals surface area contributed by atoms with Gasteiger partial charge in [0.1, 0.15) is 10.3 Å². The average Bonchev–Trinajstić information content (AvgIpc) is 2.29. The Bertz CT molecular complexity index is 400. The molecule has 0 aromatic carbocycles. The van der Waals surface area contributed by atoms with E-state index in [1.54, 1.807) is 6.20 Å². The lowest BCUT2D eigenvalue weighted by Gasteiger charge is -2.37. The normalized spacial score (nSPS) is 19.4. The van der Waals surface area contributed by atoms with Gasteiger partial charge in [0.05, 0.1) is 12.8 Å². The third-order valence-electron chi connectivity index (χ3n) is 3.15. The molecule has 17 heavy (non-hydrogen) atoms. The van der Waals surface area contributed by atoms with Gasteiger partial charge in [-0.2, -0.15) is 0 Å². The number of hydrogen-bond acceptors (Lipinski definition) is 5. The molecule has 0 amide bonds. The zero-order valence-electron chi connectivity index (χ0n) is 9.86. The van der Waals surface area contributed by atoms with Crippen LogP contribution < -0.4 is 10.6 Å². The van der Waals surface area contributed by atoms with Crippen LogP contribution in [0, 0.1) is 0 Å². The van der Waals surface area contributed by atoms with E-state index in [1.807, 2.05) is 0 Å². The van der Waals surface area contributed by atoms with Gasteiger partial charge >= 0.3 is 0 Å². The molecule has 0 aliphatic carbocycles. The lowest BCUT2D eigenvalue weighted by molar-refractivity contribution is 0.275. The number of nitrogens with two attached hydrogens (primary N) is 1. The Hall–Kier alpha value is -0.720. The van der Waals surface area contributed by atoms with E-state index >= 15 is 0 Å². The van der Waals surface area contributed by atoms with E-state index in [0.29, 0.717) is 10.3 Å². The number of aliphatic hydroxyl groups excluding tert-OH is 1. The monoisotopic (exact) mass is 300 g/mol. The third-order valence-corrected chi connectivity index (χ3v) is 3.53. The van der Waals surface area contributed by atoms with Gasteiger partial charge in [0, 0.05) is 18.6 Å². The van der Waals surface area contributed by atoms with Gasteiger partial charge in [-0.05, 0) is 35.7 Å². The summed E-state index contributed by atoms with van der Waals surface area (Å²) in [6, 6.07) is 0. The van der Waals surface area contributed by atoms with Crippen molar-refractivity contribution in [2.75, 3.05) is 18.0 Å². The van der Waals surface area contributed by atoms with Crippen LogP contribution in [0.3, 0.4) is 0 Å². The van der Waals surface area contributed by atoms with E-state index < -0.39 is 0 Å². The van der Waals surface area contributed by atoms with Crippen LogP contribution in [0.25, 0.3) is 0 Å². The van der Waals surface area contributed by atoms with E-state index in [2.05, 4.69) is 37.7 Å². The summed E-state index contributed by atoms with van der Waals surface area (Å²) in [4.78, 5) is 10.7. The van der Waals surface area contributed by atoms with Crippen molar-refractivity contribution in [3.63, 3.8) is 0 Å². The number of piperidine rings is 1. The Morgan fingerprint density at radius 1 is 1.53 bits per heavy atom. The van der Waals surface area contributed by atoms with Crippen LogP contribution in [0.1, 0.15) is 25.5 Å². The van der Waals surface area contributed by atoms with E-state index in [-0.39, 0.29) is 12.1 Å². The smallest absolute Gasteiger partial charge is 0.152 e. The maximum atomic E-state index is 9.30. The summed E-state index contributed by atoms with van der Waals surface area (Å²) < 4.78 is 0.644. The van der Waals surface area contributed by atoms with Crippen molar-refractivity contribution in [1.29, 1.82) is 0 Å². The van der Waals surface area contributed by atoms with Gasteiger partial charge in [0.15, 0.2) is 5.82 Å². The third kappa shape index (κ3) is 2.94. The second kappa shape index (κ2) is 4.88. The average molecular weight is 301 g/mol. The summed E-state index contributed by atoms with van der Waals surface area (Å²) in [5.41, 5.74) is 6.62. The molecule has 1 aliphatic heterocycles. The molecule has 94 valence electrons. The van der Waals surface area contributed by atoms with Crippen LogP contribution in [0.5, 0.6) is 0 Å². The molecule has 3 N–H and O–H groups in total. The molecule has 1 aromatic rings. The molecule has 0 unspecified atom stereocenters. The Balaban J connectivity index is 2.18. The first-order valence-corrected chi connectivity index (χ1v) is 6.47. The zero-order valence-corrected chi connectivity index (χ0v) is 11.4. The number of halogens is 1. The fourth-order valence-corrected chi connectivity index (χ4v) is 2.31. The Labute approximate surface area is 109 Å². The number of hydrogen-bond donors (Lipinski definition) is 2. The topological polar surface area (TPSA) is 75.3 Å². The number of nitrogens with zero attached hydrogens (tertiary/aromatic N) is 3. The van der Waals surface area contributed by atoms with Gasteiger partial charge in [0.2, 0.25) is 0 Å². The SMILES string of the molecule is CC1(N)CCN(c2ncc(Br)nc2CO)CC1. The molecule has 6 heteroatoms. The lowest BCUT2D eigenvalue weighted by Crippen LogP contribution is -2.48. The highest BCUT2D eigenvalue weighted by molar-refractivity contribution is 9.10. The minimum Gasteiger partial charge on any atom is -0.390 e. The zero-order chi connectivity index (χ0) is 12.5. The van der Waals surface area contributed by atoms with Gasteiger partial charge in [-0.15, -0.1) is 0 Å². The molecule has 1 aliphatic rings. The van der Waals surface area contributed by atoms with Gasteiger partial charge in [0.25, 0.3) is 0 Å². The number of aromatic nitrogens is 2. The van der Waals surface area contributed by atoms with E-state index in [9.17, 15) is 5.11 Å². The molecule has 0 radical (unpaired) electrons. The molecular weight excluding hydrogens is 284 g/mol. The van der Waals surface area contributed by atoms with E-state index in [0.717, 1.165) is 31.7 Å². The molecule has 1 aromatic heterocycles. The second-order valence-electron chi connectivity index (χ2n) is 4.76. The van der Waals surface area contributed by atoms with E-state index in [1.165, 1.54) is 0 Å². The van der Waals surface area contributed by atoms with Gasteiger partial charge in [-0.1, -0.05) is 0 Å². The standard InChI is InChI=1S/C11H17BrN4O/c1-11(13)2-4-16(5-3-11)10-8(7-17)15-9(12)6-14-10/h6,17H,2-5,7,13H2,1H3. The van der Waals surface area contributed by atoms with Gasteiger partial charge in [-0.3, -0.25) is 0 Å². The molecule has 0 bridgehead atoms. The predicted octanol–water partition coefficient (Wildman–Crippen LogP) is 1.05. The highest BCUT2D eigenvalue weighted by atomic mass is 79.9. The first kappa shape index (κ1) is 12.7. The van der Waals surface area contributed by atoms with Crippen LogP contribution in [0.15, 0.2) is 10.8 Å². The fourth-order valence-electron chi connectivity index (χ4n) is 2.00. The Morgan fingerprint density at radius 2 is 2.18 bits per heavy atom. The van der Waals surface area contributed by atoms with Crippen LogP contribution >= 0.6 is 15.9 Å². The first-order chi connectivity index (χ1) is 8.02. The summed E-state index contributed by atoms with van der Waals surface area (Å²) in [7, 11) is 0.